The van der Waals surface area contributed by atoms with E-state index in [-0.39, 0.29) is 0 Å². The normalized spacial score (nSPS) is 11.7. The number of hydrogen-bond acceptors (Lipinski definition) is 4. The molecule has 0 aliphatic rings. The van der Waals surface area contributed by atoms with Crippen LogP contribution in [0.1, 0.15) is 20.8 Å². The average molecular weight is 233 g/mol. The predicted octanol–water partition coefficient (Wildman–Crippen LogP) is 2.40. The third-order valence-electron chi connectivity index (χ3n) is 2.15. The molecule has 2 heterocycles. The summed E-state index contributed by atoms with van der Waals surface area (Å²) < 4.78 is 6.63. The van der Waals surface area contributed by atoms with E-state index in [0.29, 0.717) is 11.5 Å². The first-order chi connectivity index (χ1) is 7.87. The van der Waals surface area contributed by atoms with Crippen molar-refractivity contribution in [2.45, 2.75) is 26.4 Å². The lowest BCUT2D eigenvalue weighted by Crippen LogP contribution is -2.26. The molecule has 17 heavy (non-hydrogen) atoms. The predicted molar refractivity (Wildman–Crippen MR) is 65.8 cm³/mol. The van der Waals surface area contributed by atoms with Crippen molar-refractivity contribution >= 4 is 22.9 Å². The van der Waals surface area contributed by atoms with Crippen LogP contribution in [0.25, 0.3) is 11.0 Å². The first-order valence-electron chi connectivity index (χ1n) is 5.34. The van der Waals surface area contributed by atoms with Gasteiger partial charge in [-0.3, -0.25) is 0 Å². The Hall–Kier alpha value is -2.04. The second-order valence-electron chi connectivity index (χ2n) is 4.82. The number of nitrogen functional groups attached to an aromatic ring is 1. The van der Waals surface area contributed by atoms with Gasteiger partial charge >= 0.3 is 6.09 Å². The van der Waals surface area contributed by atoms with Gasteiger partial charge in [-0.05, 0) is 39.0 Å². The van der Waals surface area contributed by atoms with Crippen LogP contribution in [0.15, 0.2) is 24.4 Å². The minimum absolute atomic E-state index is 0.376. The van der Waals surface area contributed by atoms with Crippen LogP contribution in [-0.2, 0) is 4.74 Å². The number of nitrogens with zero attached hydrogens (tertiary/aromatic N) is 2. The van der Waals surface area contributed by atoms with Gasteiger partial charge in [0, 0.05) is 11.6 Å². The molecular weight excluding hydrogens is 218 g/mol. The third-order valence-corrected chi connectivity index (χ3v) is 2.15. The van der Waals surface area contributed by atoms with Crippen LogP contribution in [0.4, 0.5) is 10.6 Å². The first kappa shape index (κ1) is 11.4. The van der Waals surface area contributed by atoms with Gasteiger partial charge in [-0.25, -0.2) is 14.3 Å². The molecule has 0 saturated heterocycles. The maximum Gasteiger partial charge on any atom is 0.420 e. The van der Waals surface area contributed by atoms with Gasteiger partial charge in [0.2, 0.25) is 0 Å². The van der Waals surface area contributed by atoms with Crippen LogP contribution >= 0.6 is 0 Å². The fourth-order valence-corrected chi connectivity index (χ4v) is 1.48. The summed E-state index contributed by atoms with van der Waals surface area (Å²) in [5.74, 6) is 0.376. The van der Waals surface area contributed by atoms with E-state index in [0.717, 1.165) is 5.39 Å². The van der Waals surface area contributed by atoms with Crippen LogP contribution in [-0.4, -0.2) is 21.2 Å². The highest BCUT2D eigenvalue weighted by Crippen LogP contribution is 2.17. The van der Waals surface area contributed by atoms with E-state index in [1.165, 1.54) is 4.57 Å². The Morgan fingerprint density at radius 2 is 2.06 bits per heavy atom. The molecule has 0 amide bonds. The highest BCUT2D eigenvalue weighted by Gasteiger charge is 2.19. The zero-order valence-corrected chi connectivity index (χ0v) is 10.1. The first-order valence-corrected chi connectivity index (χ1v) is 5.34. The number of ether oxygens (including phenoxy) is 1. The zero-order chi connectivity index (χ0) is 12.6. The van der Waals surface area contributed by atoms with Gasteiger partial charge in [0.25, 0.3) is 0 Å². The van der Waals surface area contributed by atoms with Crippen LogP contribution in [0.3, 0.4) is 0 Å². The van der Waals surface area contributed by atoms with E-state index in [1.807, 2.05) is 26.8 Å². The number of carbonyl (C=O) groups is 1. The molecule has 90 valence electrons. The quantitative estimate of drug-likeness (QED) is 0.758. The van der Waals surface area contributed by atoms with Crippen LogP contribution in [0.2, 0.25) is 0 Å². The number of pyridine rings is 1. The van der Waals surface area contributed by atoms with Crippen LogP contribution < -0.4 is 5.73 Å². The Kier molecular flexibility index (Phi) is 2.53. The number of fused-ring (bicyclic) bond motifs is 1. The highest BCUT2D eigenvalue weighted by molar-refractivity contribution is 5.87. The molecule has 0 atom stereocenters. The number of carbonyl (C=O) groups excluding carboxylic acids is 1. The van der Waals surface area contributed by atoms with Crippen molar-refractivity contribution in [2.24, 2.45) is 0 Å². The molecule has 0 unspecified atom stereocenters. The molecular formula is C12H15N3O2. The third kappa shape index (κ3) is 2.38. The fourth-order valence-electron chi connectivity index (χ4n) is 1.48. The second kappa shape index (κ2) is 3.76. The molecule has 2 rings (SSSR count). The summed E-state index contributed by atoms with van der Waals surface area (Å²) in [5.41, 5.74) is 5.58. The Balaban J connectivity index is 2.42. The smallest absolute Gasteiger partial charge is 0.420 e. The number of anilines is 1. The SMILES string of the molecule is CC(C)(C)OC(=O)n1ccc2ccc(N)nc21. The highest BCUT2D eigenvalue weighted by atomic mass is 16.6. The molecule has 2 aromatic rings. The Morgan fingerprint density at radius 1 is 1.35 bits per heavy atom. The molecule has 0 spiro atoms. The maximum absolute atomic E-state index is 11.9. The average Bonchev–Trinajstić information content (AvgIpc) is 2.57. The summed E-state index contributed by atoms with van der Waals surface area (Å²) >= 11 is 0. The standard InChI is InChI=1S/C12H15N3O2/c1-12(2,3)17-11(16)15-7-6-8-4-5-9(13)14-10(8)15/h4-7H,1-3H3,(H2,13,14). The van der Waals surface area contributed by atoms with E-state index in [9.17, 15) is 4.79 Å². The Labute approximate surface area is 99.2 Å². The minimum Gasteiger partial charge on any atom is -0.443 e. The monoisotopic (exact) mass is 233 g/mol. The van der Waals surface area contributed by atoms with Crippen LogP contribution in [0, 0.1) is 0 Å². The fraction of sp³-hybridized carbons (Fsp3) is 0.333. The molecule has 0 aliphatic heterocycles. The molecule has 0 aliphatic carbocycles. The molecule has 2 N–H and O–H groups in total. The number of nitrogens with two attached hydrogens (primary N) is 1. The van der Waals surface area contributed by atoms with Gasteiger partial charge < -0.3 is 10.5 Å². The van der Waals surface area contributed by atoms with Gasteiger partial charge in [-0.2, -0.15) is 0 Å². The summed E-state index contributed by atoms with van der Waals surface area (Å²) in [6, 6.07) is 5.31. The zero-order valence-electron chi connectivity index (χ0n) is 10.1. The van der Waals surface area contributed by atoms with Crippen molar-refractivity contribution < 1.29 is 9.53 Å². The minimum atomic E-state index is -0.534. The summed E-state index contributed by atoms with van der Waals surface area (Å²) in [4.78, 5) is 16.0. The van der Waals surface area contributed by atoms with E-state index in [1.54, 1.807) is 18.3 Å². The molecule has 0 fully saturated rings. The summed E-state index contributed by atoms with van der Waals surface area (Å²) in [6.45, 7) is 5.45. The summed E-state index contributed by atoms with van der Waals surface area (Å²) in [5, 5.41) is 0.852. The molecule has 2 aromatic heterocycles. The van der Waals surface area contributed by atoms with Crippen molar-refractivity contribution in [2.75, 3.05) is 5.73 Å². The van der Waals surface area contributed by atoms with Gasteiger partial charge in [-0.15, -0.1) is 0 Å². The number of hydrogen-bond donors (Lipinski definition) is 1. The van der Waals surface area contributed by atoms with E-state index >= 15 is 0 Å². The lowest BCUT2D eigenvalue weighted by atomic mass is 10.2. The molecule has 0 aromatic carbocycles. The lowest BCUT2D eigenvalue weighted by molar-refractivity contribution is 0.0544. The molecule has 5 nitrogen and oxygen atoms in total. The van der Waals surface area contributed by atoms with Gasteiger partial charge in [0.1, 0.15) is 11.4 Å². The number of aromatic nitrogens is 2. The van der Waals surface area contributed by atoms with E-state index in [4.69, 9.17) is 10.5 Å². The Morgan fingerprint density at radius 3 is 2.71 bits per heavy atom. The lowest BCUT2D eigenvalue weighted by Gasteiger charge is -2.19. The molecule has 0 radical (unpaired) electrons. The topological polar surface area (TPSA) is 70.1 Å². The largest absolute Gasteiger partial charge is 0.443 e. The van der Waals surface area contributed by atoms with E-state index < -0.39 is 11.7 Å². The van der Waals surface area contributed by atoms with Crippen molar-refractivity contribution in [1.29, 1.82) is 0 Å². The molecule has 0 bridgehead atoms. The second-order valence-corrected chi connectivity index (χ2v) is 4.82. The van der Waals surface area contributed by atoms with Gasteiger partial charge in [0.05, 0.1) is 0 Å². The van der Waals surface area contributed by atoms with Gasteiger partial charge in [0.15, 0.2) is 5.65 Å². The van der Waals surface area contributed by atoms with Crippen molar-refractivity contribution in [1.82, 2.24) is 9.55 Å². The summed E-state index contributed by atoms with van der Waals surface area (Å²) in [6.07, 6.45) is 1.18. The number of rotatable bonds is 0. The van der Waals surface area contributed by atoms with E-state index in [2.05, 4.69) is 4.98 Å². The molecule has 5 heteroatoms. The van der Waals surface area contributed by atoms with Crippen molar-refractivity contribution in [3.05, 3.63) is 24.4 Å². The Bertz CT molecular complexity index is 567. The van der Waals surface area contributed by atoms with Crippen molar-refractivity contribution in [3.63, 3.8) is 0 Å². The van der Waals surface area contributed by atoms with Crippen molar-refractivity contribution in [3.8, 4) is 0 Å². The van der Waals surface area contributed by atoms with Crippen LogP contribution in [0.5, 0.6) is 0 Å². The van der Waals surface area contributed by atoms with Gasteiger partial charge in [-0.1, -0.05) is 0 Å². The summed E-state index contributed by atoms with van der Waals surface area (Å²) in [7, 11) is 0. The maximum atomic E-state index is 11.9. The molecule has 0 saturated carbocycles.